The number of rotatable bonds is 5. The number of anilines is 1. The van der Waals surface area contributed by atoms with Crippen LogP contribution < -0.4 is 25.9 Å². The third-order valence-corrected chi connectivity index (χ3v) is 3.59. The van der Waals surface area contributed by atoms with Crippen LogP contribution >= 0.6 is 0 Å². The first-order valence-corrected chi connectivity index (χ1v) is 9.44. The number of halogens is 3. The van der Waals surface area contributed by atoms with Gasteiger partial charge in [0.05, 0.1) is 16.9 Å². The van der Waals surface area contributed by atoms with Crippen LogP contribution in [0.25, 0.3) is 5.70 Å². The van der Waals surface area contributed by atoms with Gasteiger partial charge in [0, 0.05) is 6.20 Å². The first kappa shape index (κ1) is 23.3. The molecule has 0 saturated carbocycles. The molecule has 0 atom stereocenters. The maximum absolute atomic E-state index is 13.0. The van der Waals surface area contributed by atoms with Gasteiger partial charge in [0.1, 0.15) is 5.75 Å². The smallest absolute Gasteiger partial charge is 0.397 e. The van der Waals surface area contributed by atoms with Gasteiger partial charge in [-0.2, -0.15) is 26.7 Å². The Morgan fingerprint density at radius 3 is 2.11 bits per heavy atom. The van der Waals surface area contributed by atoms with Crippen molar-refractivity contribution < 1.29 is 25.8 Å². The summed E-state index contributed by atoms with van der Waals surface area (Å²) in [5, 5.41) is 5.50. The lowest BCUT2D eigenvalue weighted by atomic mass is 10.1. The highest BCUT2D eigenvalue weighted by atomic mass is 32.2. The lowest BCUT2D eigenvalue weighted by molar-refractivity contribution is -0.137. The summed E-state index contributed by atoms with van der Waals surface area (Å²) < 4.78 is 65.3. The average Bonchev–Trinajstić information content (AvgIpc) is 2.62. The largest absolute Gasteiger partial charge is 0.418 e. The molecule has 0 aromatic heterocycles. The number of nitrogens with zero attached hydrogens (tertiary/aromatic N) is 1. The van der Waals surface area contributed by atoms with Gasteiger partial charge < -0.3 is 9.92 Å². The molecule has 11 heteroatoms. The summed E-state index contributed by atoms with van der Waals surface area (Å²) in [5.74, 6) is 5.66. The quantitative estimate of drug-likeness (QED) is 0.506. The van der Waals surface area contributed by atoms with Gasteiger partial charge in [-0.25, -0.2) is 5.84 Å². The second kappa shape index (κ2) is 9.44. The summed E-state index contributed by atoms with van der Waals surface area (Å²) in [6, 6.07) is 10.1. The van der Waals surface area contributed by atoms with Gasteiger partial charge in [-0.3, -0.25) is 5.01 Å². The highest BCUT2D eigenvalue weighted by Gasteiger charge is 2.34. The summed E-state index contributed by atoms with van der Waals surface area (Å²) in [5.41, 5.74) is 5.08. The fourth-order valence-electron chi connectivity index (χ4n) is 2.07. The second-order valence-corrected chi connectivity index (χ2v) is 6.26. The molecule has 0 bridgehead atoms. The topological polar surface area (TPSA) is 125 Å². The number of hydrogen-bond donors (Lipinski definition) is 3. The zero-order valence-corrected chi connectivity index (χ0v) is 16.0. The Balaban J connectivity index is 0.00000190. The van der Waals surface area contributed by atoms with Crippen LogP contribution in [0.15, 0.2) is 54.7 Å². The molecule has 6 N–H and O–H groups in total. The molecular formula is C17H21F3N4O3S. The van der Waals surface area contributed by atoms with Crippen LogP contribution in [0.2, 0.25) is 0 Å². The molecule has 154 valence electrons. The van der Waals surface area contributed by atoms with E-state index in [1.807, 2.05) is 13.8 Å². The normalized spacial score (nSPS) is 12.0. The van der Waals surface area contributed by atoms with E-state index in [4.69, 9.17) is 16.7 Å². The second-order valence-electron chi connectivity index (χ2n) is 5.11. The van der Waals surface area contributed by atoms with Crippen LogP contribution in [0.1, 0.15) is 25.0 Å². The average molecular weight is 418 g/mol. The Kier molecular flexibility index (Phi) is 7.85. The van der Waals surface area contributed by atoms with Crippen molar-refractivity contribution in [3.8, 4) is 5.75 Å². The Labute approximate surface area is 161 Å². The number of hydrogen-bond acceptors (Lipinski definition) is 6. The molecule has 0 aliphatic carbocycles. The van der Waals surface area contributed by atoms with E-state index in [2.05, 4.69) is 4.18 Å². The summed E-state index contributed by atoms with van der Waals surface area (Å²) >= 11 is 0. The summed E-state index contributed by atoms with van der Waals surface area (Å²) in [6.45, 7) is 4.00. The summed E-state index contributed by atoms with van der Waals surface area (Å²) in [4.78, 5) is 0. The highest BCUT2D eigenvalue weighted by molar-refractivity contribution is 7.84. The molecule has 0 saturated heterocycles. The van der Waals surface area contributed by atoms with Gasteiger partial charge in [0.2, 0.25) is 0 Å². The van der Waals surface area contributed by atoms with E-state index < -0.39 is 22.0 Å². The van der Waals surface area contributed by atoms with Gasteiger partial charge in [0.25, 0.3) is 0 Å². The van der Waals surface area contributed by atoms with Gasteiger partial charge in [0.15, 0.2) is 0 Å². The van der Waals surface area contributed by atoms with Gasteiger partial charge in [-0.05, 0) is 42.0 Å². The van der Waals surface area contributed by atoms with Crippen LogP contribution in [0.4, 0.5) is 18.9 Å². The van der Waals surface area contributed by atoms with E-state index >= 15 is 0 Å². The fourth-order valence-corrected chi connectivity index (χ4v) is 2.45. The number of alkyl halides is 3. The Morgan fingerprint density at radius 2 is 1.61 bits per heavy atom. The number of hydrazine groups is 1. The molecule has 2 aromatic rings. The lowest BCUT2D eigenvalue weighted by Crippen LogP contribution is -2.28. The van der Waals surface area contributed by atoms with Crippen molar-refractivity contribution in [2.24, 2.45) is 16.7 Å². The Bertz CT molecular complexity index is 914. The van der Waals surface area contributed by atoms with E-state index in [9.17, 15) is 21.6 Å². The third-order valence-electron chi connectivity index (χ3n) is 3.17. The van der Waals surface area contributed by atoms with E-state index in [1.54, 1.807) is 0 Å². The van der Waals surface area contributed by atoms with Crippen LogP contribution in [-0.4, -0.2) is 8.42 Å². The highest BCUT2D eigenvalue weighted by Crippen LogP contribution is 2.35. The van der Waals surface area contributed by atoms with Crippen LogP contribution in [-0.2, 0) is 16.5 Å². The lowest BCUT2D eigenvalue weighted by Gasteiger charge is -2.20. The first-order chi connectivity index (χ1) is 13.0. The Morgan fingerprint density at radius 1 is 1.07 bits per heavy atom. The van der Waals surface area contributed by atoms with Crippen molar-refractivity contribution in [2.45, 2.75) is 20.0 Å². The molecule has 7 nitrogen and oxygen atoms in total. The number of nitrogens with two attached hydrogens (primary N) is 3. The van der Waals surface area contributed by atoms with Crippen molar-refractivity contribution in [1.82, 2.24) is 0 Å². The third kappa shape index (κ3) is 6.76. The minimum Gasteiger partial charge on any atom is -0.397 e. The fraction of sp³-hybridized carbons (Fsp3) is 0.176. The van der Waals surface area contributed by atoms with Gasteiger partial charge in [-0.15, -0.1) is 0 Å². The van der Waals surface area contributed by atoms with Crippen molar-refractivity contribution in [1.29, 1.82) is 0 Å². The predicted molar refractivity (Wildman–Crippen MR) is 102 cm³/mol. The summed E-state index contributed by atoms with van der Waals surface area (Å²) in [7, 11) is -4.16. The van der Waals surface area contributed by atoms with Crippen LogP contribution in [0.5, 0.6) is 5.75 Å². The molecule has 0 aliphatic heterocycles. The summed E-state index contributed by atoms with van der Waals surface area (Å²) in [6.07, 6.45) is -3.47. The predicted octanol–water partition coefficient (Wildman–Crippen LogP) is 2.95. The molecule has 0 heterocycles. The molecule has 2 aromatic carbocycles. The van der Waals surface area contributed by atoms with Crippen molar-refractivity contribution in [3.05, 3.63) is 65.9 Å². The molecular weight excluding hydrogens is 397 g/mol. The van der Waals surface area contributed by atoms with E-state index in [0.717, 1.165) is 17.3 Å². The molecule has 0 radical (unpaired) electrons. The number of benzene rings is 2. The Hall–Kier alpha value is -2.76. The van der Waals surface area contributed by atoms with E-state index in [0.29, 0.717) is 5.56 Å². The molecule has 28 heavy (non-hydrogen) atoms. The molecule has 0 fully saturated rings. The molecule has 2 rings (SSSR count). The van der Waals surface area contributed by atoms with Crippen LogP contribution in [0, 0.1) is 0 Å². The van der Waals surface area contributed by atoms with Gasteiger partial charge in [-0.1, -0.05) is 26.0 Å². The molecule has 0 amide bonds. The number of para-hydroxylation sites is 1. The van der Waals surface area contributed by atoms with Gasteiger partial charge >= 0.3 is 16.5 Å². The van der Waals surface area contributed by atoms with Crippen LogP contribution in [0.3, 0.4) is 0 Å². The first-order valence-electron chi connectivity index (χ1n) is 7.97. The molecule has 0 unspecified atom stereocenters. The minimum atomic E-state index is -4.58. The monoisotopic (exact) mass is 418 g/mol. The minimum absolute atomic E-state index is 0.0453. The van der Waals surface area contributed by atoms with E-state index in [1.165, 1.54) is 42.5 Å². The zero-order valence-electron chi connectivity index (χ0n) is 15.1. The molecule has 0 aliphatic rings. The van der Waals surface area contributed by atoms with Crippen molar-refractivity contribution in [2.75, 3.05) is 5.01 Å². The van der Waals surface area contributed by atoms with Crippen molar-refractivity contribution in [3.63, 3.8) is 0 Å². The SMILES string of the molecule is CC.N/C(=C\N(N)c1ccccc1C(F)(F)F)c1ccc(OS(N)(=O)=O)cc1. The van der Waals surface area contributed by atoms with Crippen molar-refractivity contribution >= 4 is 21.7 Å². The van der Waals surface area contributed by atoms with E-state index in [-0.39, 0.29) is 17.1 Å². The maximum Gasteiger partial charge on any atom is 0.418 e. The zero-order chi connectivity index (χ0) is 21.5. The molecule has 0 spiro atoms. The maximum atomic E-state index is 13.0. The standard InChI is InChI=1S/C15H15F3N4O3S.C2H6/c16-15(17,18)12-3-1-2-4-14(12)22(20)9-13(19)10-5-7-11(8-6-10)25-26(21,23)24;1-2/h1-9H,19-20H2,(H2,21,23,24);1-2H3/b13-9-;.